The average molecular weight is 273 g/mol. The Morgan fingerprint density at radius 3 is 1.56 bits per heavy atom. The molecule has 0 amide bonds. The third-order valence-electron chi connectivity index (χ3n) is 4.72. The zero-order valence-corrected chi connectivity index (χ0v) is 14.1. The first-order valence-corrected chi connectivity index (χ1v) is 9.80. The van der Waals surface area contributed by atoms with Crippen molar-refractivity contribution in [2.24, 2.45) is 0 Å². The normalized spacial score (nSPS) is 26.3. The summed E-state index contributed by atoms with van der Waals surface area (Å²) < 4.78 is 6.74. The first-order valence-electron chi connectivity index (χ1n) is 7.66. The topological polar surface area (TPSA) is 29.5 Å². The maximum Gasteiger partial charge on any atom is 0.200 e. The second kappa shape index (κ2) is 6.53. The van der Waals surface area contributed by atoms with Gasteiger partial charge in [-0.2, -0.15) is 0 Å². The lowest BCUT2D eigenvalue weighted by Gasteiger charge is -2.45. The molecule has 1 aliphatic rings. The summed E-state index contributed by atoms with van der Waals surface area (Å²) >= 11 is 0. The van der Waals surface area contributed by atoms with E-state index in [4.69, 9.17) is 4.43 Å². The van der Waals surface area contributed by atoms with E-state index in [0.29, 0.717) is 22.7 Å². The molecular weight excluding hydrogens is 240 g/mol. The first-order chi connectivity index (χ1) is 8.30. The summed E-state index contributed by atoms with van der Waals surface area (Å²) in [5.74, 6) is 0. The molecule has 0 heterocycles. The molecule has 1 saturated carbocycles. The Kier molecular flexibility index (Phi) is 5.88. The van der Waals surface area contributed by atoms with E-state index >= 15 is 0 Å². The zero-order chi connectivity index (χ0) is 13.9. The van der Waals surface area contributed by atoms with Crippen LogP contribution in [0.4, 0.5) is 0 Å². The van der Waals surface area contributed by atoms with E-state index in [-0.39, 0.29) is 6.10 Å². The number of rotatable bonds is 5. The SMILES string of the molecule is CC(C)[Si](OC1CCC(O)CC1)(C(C)C)C(C)C. The molecule has 0 aromatic carbocycles. The van der Waals surface area contributed by atoms with Crippen molar-refractivity contribution in [2.45, 2.75) is 96.1 Å². The smallest absolute Gasteiger partial charge is 0.200 e. The fourth-order valence-electron chi connectivity index (χ4n) is 3.86. The molecular formula is C15H32O2Si. The average Bonchev–Trinajstić information content (AvgIpc) is 2.26. The Labute approximate surface area is 114 Å². The second-order valence-corrected chi connectivity index (χ2v) is 12.3. The van der Waals surface area contributed by atoms with Crippen molar-refractivity contribution in [1.82, 2.24) is 0 Å². The highest BCUT2D eigenvalue weighted by Gasteiger charge is 2.46. The molecule has 18 heavy (non-hydrogen) atoms. The summed E-state index contributed by atoms with van der Waals surface area (Å²) in [6, 6.07) is 0. The summed E-state index contributed by atoms with van der Waals surface area (Å²) in [5.41, 5.74) is 1.97. The predicted octanol–water partition coefficient (Wildman–Crippen LogP) is 4.48. The summed E-state index contributed by atoms with van der Waals surface area (Å²) in [6.45, 7) is 14.0. The second-order valence-electron chi connectivity index (χ2n) is 6.87. The Balaban J connectivity index is 2.78. The molecule has 0 aromatic rings. The Morgan fingerprint density at radius 1 is 0.833 bits per heavy atom. The number of aliphatic hydroxyl groups is 1. The molecule has 0 unspecified atom stereocenters. The predicted molar refractivity (Wildman–Crippen MR) is 80.4 cm³/mol. The van der Waals surface area contributed by atoms with Crippen LogP contribution >= 0.6 is 0 Å². The maximum atomic E-state index is 9.61. The van der Waals surface area contributed by atoms with Gasteiger partial charge in [0.25, 0.3) is 0 Å². The lowest BCUT2D eigenvalue weighted by atomic mass is 9.95. The van der Waals surface area contributed by atoms with Gasteiger partial charge in [-0.1, -0.05) is 41.5 Å². The fraction of sp³-hybridized carbons (Fsp3) is 1.00. The summed E-state index contributed by atoms with van der Waals surface area (Å²) in [4.78, 5) is 0. The van der Waals surface area contributed by atoms with Gasteiger partial charge in [-0.25, -0.2) is 0 Å². The van der Waals surface area contributed by atoms with Crippen molar-refractivity contribution < 1.29 is 9.53 Å². The van der Waals surface area contributed by atoms with E-state index in [9.17, 15) is 5.11 Å². The van der Waals surface area contributed by atoms with E-state index in [1.165, 1.54) is 0 Å². The van der Waals surface area contributed by atoms with Gasteiger partial charge in [0.05, 0.1) is 6.10 Å². The van der Waals surface area contributed by atoms with Crippen LogP contribution in [-0.4, -0.2) is 25.6 Å². The van der Waals surface area contributed by atoms with Crippen LogP contribution in [0.5, 0.6) is 0 Å². The molecule has 3 heteroatoms. The van der Waals surface area contributed by atoms with Crippen molar-refractivity contribution in [3.05, 3.63) is 0 Å². The van der Waals surface area contributed by atoms with Crippen LogP contribution in [0.15, 0.2) is 0 Å². The van der Waals surface area contributed by atoms with Gasteiger partial charge in [0.15, 0.2) is 0 Å². The van der Waals surface area contributed by atoms with E-state index in [0.717, 1.165) is 25.7 Å². The number of hydrogen-bond donors (Lipinski definition) is 1. The summed E-state index contributed by atoms with van der Waals surface area (Å²) in [7, 11) is -1.72. The largest absolute Gasteiger partial charge is 0.413 e. The van der Waals surface area contributed by atoms with Crippen LogP contribution in [0.3, 0.4) is 0 Å². The molecule has 1 fully saturated rings. The van der Waals surface area contributed by atoms with E-state index < -0.39 is 8.32 Å². The monoisotopic (exact) mass is 272 g/mol. The van der Waals surface area contributed by atoms with Crippen molar-refractivity contribution in [2.75, 3.05) is 0 Å². The van der Waals surface area contributed by atoms with Crippen molar-refractivity contribution in [1.29, 1.82) is 0 Å². The van der Waals surface area contributed by atoms with E-state index in [2.05, 4.69) is 41.5 Å². The summed E-state index contributed by atoms with van der Waals surface area (Å²) in [5, 5.41) is 9.61. The maximum absolute atomic E-state index is 9.61. The van der Waals surface area contributed by atoms with Gasteiger partial charge in [0.2, 0.25) is 8.32 Å². The molecule has 108 valence electrons. The lowest BCUT2D eigenvalue weighted by Crippen LogP contribution is -2.50. The molecule has 0 saturated heterocycles. The van der Waals surface area contributed by atoms with Gasteiger partial charge in [-0.3, -0.25) is 0 Å². The minimum Gasteiger partial charge on any atom is -0.413 e. The molecule has 0 radical (unpaired) electrons. The standard InChI is InChI=1S/C15H32O2Si/c1-11(2)18(12(3)4,13(5)6)17-15-9-7-14(16)8-10-15/h11-16H,7-10H2,1-6H3. The molecule has 0 spiro atoms. The van der Waals surface area contributed by atoms with Crippen LogP contribution in [-0.2, 0) is 4.43 Å². The first kappa shape index (κ1) is 16.2. The Morgan fingerprint density at radius 2 is 1.22 bits per heavy atom. The van der Waals surface area contributed by atoms with Gasteiger partial charge >= 0.3 is 0 Å². The third-order valence-corrected chi connectivity index (χ3v) is 10.9. The number of hydrogen-bond acceptors (Lipinski definition) is 2. The van der Waals surface area contributed by atoms with Crippen LogP contribution in [0.2, 0.25) is 16.6 Å². The van der Waals surface area contributed by atoms with Crippen LogP contribution in [0, 0.1) is 0 Å². The van der Waals surface area contributed by atoms with Crippen molar-refractivity contribution in [3.8, 4) is 0 Å². The fourth-order valence-corrected chi connectivity index (χ4v) is 9.49. The van der Waals surface area contributed by atoms with Gasteiger partial charge in [-0.15, -0.1) is 0 Å². The van der Waals surface area contributed by atoms with Gasteiger partial charge in [0, 0.05) is 6.10 Å². The minimum absolute atomic E-state index is 0.0851. The highest BCUT2D eigenvalue weighted by atomic mass is 28.4. The zero-order valence-electron chi connectivity index (χ0n) is 13.1. The molecule has 0 aliphatic heterocycles. The number of aliphatic hydroxyl groups excluding tert-OH is 1. The van der Waals surface area contributed by atoms with Gasteiger partial charge < -0.3 is 9.53 Å². The minimum atomic E-state index is -1.72. The van der Waals surface area contributed by atoms with Gasteiger partial charge in [-0.05, 0) is 42.3 Å². The Bertz CT molecular complexity index is 221. The molecule has 0 aromatic heterocycles. The molecule has 2 nitrogen and oxygen atoms in total. The van der Waals surface area contributed by atoms with Crippen molar-refractivity contribution in [3.63, 3.8) is 0 Å². The molecule has 1 aliphatic carbocycles. The molecule has 0 atom stereocenters. The van der Waals surface area contributed by atoms with E-state index in [1.807, 2.05) is 0 Å². The van der Waals surface area contributed by atoms with E-state index in [1.54, 1.807) is 0 Å². The highest BCUT2D eigenvalue weighted by Crippen LogP contribution is 2.44. The van der Waals surface area contributed by atoms with Crippen LogP contribution < -0.4 is 0 Å². The Hall–Kier alpha value is 0.137. The third kappa shape index (κ3) is 3.37. The van der Waals surface area contributed by atoms with Gasteiger partial charge in [0.1, 0.15) is 0 Å². The van der Waals surface area contributed by atoms with Crippen LogP contribution in [0.25, 0.3) is 0 Å². The molecule has 1 N–H and O–H groups in total. The molecule has 1 rings (SSSR count). The van der Waals surface area contributed by atoms with Crippen LogP contribution in [0.1, 0.15) is 67.2 Å². The van der Waals surface area contributed by atoms with Crippen molar-refractivity contribution >= 4 is 8.32 Å². The quantitative estimate of drug-likeness (QED) is 0.748. The summed E-state index contributed by atoms with van der Waals surface area (Å²) in [6.07, 6.45) is 4.24. The highest BCUT2D eigenvalue weighted by molar-refractivity contribution is 6.77. The lowest BCUT2D eigenvalue weighted by molar-refractivity contribution is 0.0574. The molecule has 0 bridgehead atoms.